The number of rotatable bonds is 8. The Bertz CT molecular complexity index is 1110. The Balaban J connectivity index is 1.19. The van der Waals surface area contributed by atoms with Gasteiger partial charge in [0.2, 0.25) is 5.91 Å². The van der Waals surface area contributed by atoms with E-state index in [4.69, 9.17) is 11.6 Å². The minimum absolute atomic E-state index is 0.0909. The third-order valence-electron chi connectivity index (χ3n) is 5.68. The van der Waals surface area contributed by atoms with Gasteiger partial charge in [0.25, 0.3) is 5.91 Å². The van der Waals surface area contributed by atoms with Gasteiger partial charge < -0.3 is 15.2 Å². The van der Waals surface area contributed by atoms with Crippen molar-refractivity contribution in [1.82, 2.24) is 25.0 Å². The number of carbonyl (C=O) groups excluding carboxylic acids is 2. The van der Waals surface area contributed by atoms with E-state index in [9.17, 15) is 9.59 Å². The van der Waals surface area contributed by atoms with Crippen LogP contribution in [-0.2, 0) is 18.4 Å². The largest absolute Gasteiger partial charge is 0.349 e. The molecule has 0 radical (unpaired) electrons. The average molecular weight is 499 g/mol. The van der Waals surface area contributed by atoms with Gasteiger partial charge in [0.05, 0.1) is 5.75 Å². The van der Waals surface area contributed by atoms with Gasteiger partial charge in [0.15, 0.2) is 5.16 Å². The molecule has 2 amide bonds. The number of amides is 2. The Morgan fingerprint density at radius 3 is 2.44 bits per heavy atom. The summed E-state index contributed by atoms with van der Waals surface area (Å²) in [4.78, 5) is 27.2. The molecule has 0 aliphatic carbocycles. The third-order valence-corrected chi connectivity index (χ3v) is 6.96. The van der Waals surface area contributed by atoms with Crippen molar-refractivity contribution in [2.24, 2.45) is 7.05 Å². The fourth-order valence-corrected chi connectivity index (χ4v) is 4.60. The highest BCUT2D eigenvalue weighted by Gasteiger charge is 2.21. The van der Waals surface area contributed by atoms with Crippen LogP contribution in [0.1, 0.15) is 28.8 Å². The first-order chi connectivity index (χ1) is 16.5. The molecule has 1 aliphatic heterocycles. The molecule has 8 nitrogen and oxygen atoms in total. The molecule has 2 N–H and O–H groups in total. The SMILES string of the molecule is Cn1cnnc1SCC(=O)Nc1ccc(C(=O)NC2CCN(Cc3ccc(Cl)cc3)CC2)cc1. The number of halogens is 1. The molecule has 3 aromatic rings. The van der Waals surface area contributed by atoms with Crippen molar-refractivity contribution >= 4 is 40.9 Å². The zero-order valence-electron chi connectivity index (χ0n) is 18.9. The number of hydrogen-bond donors (Lipinski definition) is 2. The lowest BCUT2D eigenvalue weighted by atomic mass is 10.0. The van der Waals surface area contributed by atoms with Crippen LogP contribution in [0.15, 0.2) is 60.0 Å². The summed E-state index contributed by atoms with van der Waals surface area (Å²) in [5.41, 5.74) is 2.47. The van der Waals surface area contributed by atoms with E-state index in [1.54, 1.807) is 35.2 Å². The molecule has 34 heavy (non-hydrogen) atoms. The molecule has 0 atom stereocenters. The quantitative estimate of drug-likeness (QED) is 0.461. The Hall–Kier alpha value is -2.88. The van der Waals surface area contributed by atoms with Crippen LogP contribution in [0, 0.1) is 0 Å². The summed E-state index contributed by atoms with van der Waals surface area (Å²) in [5, 5.41) is 15.1. The zero-order valence-corrected chi connectivity index (χ0v) is 20.5. The van der Waals surface area contributed by atoms with E-state index < -0.39 is 0 Å². The van der Waals surface area contributed by atoms with E-state index in [0.717, 1.165) is 37.5 Å². The molecule has 0 spiro atoms. The molecular weight excluding hydrogens is 472 g/mol. The monoisotopic (exact) mass is 498 g/mol. The van der Waals surface area contributed by atoms with Gasteiger partial charge in [-0.05, 0) is 54.8 Å². The van der Waals surface area contributed by atoms with Gasteiger partial charge in [0, 0.05) is 49.0 Å². The van der Waals surface area contributed by atoms with Crippen molar-refractivity contribution in [3.05, 3.63) is 71.0 Å². The topological polar surface area (TPSA) is 92.1 Å². The number of nitrogens with one attached hydrogen (secondary N) is 2. The summed E-state index contributed by atoms with van der Waals surface area (Å²) in [5.74, 6) is -0.00620. The number of anilines is 1. The summed E-state index contributed by atoms with van der Waals surface area (Å²) in [6, 6.07) is 15.1. The number of piperidine rings is 1. The number of aromatic nitrogens is 3. The smallest absolute Gasteiger partial charge is 0.251 e. The van der Waals surface area contributed by atoms with E-state index >= 15 is 0 Å². The average Bonchev–Trinajstić information content (AvgIpc) is 3.25. The van der Waals surface area contributed by atoms with Gasteiger partial charge in [-0.25, -0.2) is 0 Å². The molecule has 2 heterocycles. The maximum absolute atomic E-state index is 12.7. The fraction of sp³-hybridized carbons (Fsp3) is 0.333. The second-order valence-corrected chi connectivity index (χ2v) is 9.67. The molecular formula is C24H27ClN6O2S. The number of carbonyl (C=O) groups is 2. The number of benzene rings is 2. The second-order valence-electron chi connectivity index (χ2n) is 8.29. The van der Waals surface area contributed by atoms with Crippen LogP contribution in [-0.4, -0.2) is 56.4 Å². The molecule has 0 unspecified atom stereocenters. The van der Waals surface area contributed by atoms with Crippen LogP contribution in [0.5, 0.6) is 0 Å². The lowest BCUT2D eigenvalue weighted by Crippen LogP contribution is -2.44. The first-order valence-electron chi connectivity index (χ1n) is 11.1. The molecule has 1 aliphatic rings. The fourth-order valence-electron chi connectivity index (χ4n) is 3.79. The summed E-state index contributed by atoms with van der Waals surface area (Å²) in [7, 11) is 1.83. The zero-order chi connectivity index (χ0) is 23.9. The van der Waals surface area contributed by atoms with Crippen molar-refractivity contribution in [1.29, 1.82) is 0 Å². The van der Waals surface area contributed by atoms with Crippen LogP contribution in [0.4, 0.5) is 5.69 Å². The molecule has 1 aromatic heterocycles. The highest BCUT2D eigenvalue weighted by molar-refractivity contribution is 7.99. The first-order valence-corrected chi connectivity index (χ1v) is 12.5. The summed E-state index contributed by atoms with van der Waals surface area (Å²) >= 11 is 7.27. The van der Waals surface area contributed by atoms with E-state index in [1.165, 1.54) is 17.3 Å². The van der Waals surface area contributed by atoms with Crippen molar-refractivity contribution in [2.45, 2.75) is 30.6 Å². The van der Waals surface area contributed by atoms with Crippen LogP contribution in [0.25, 0.3) is 0 Å². The molecule has 0 bridgehead atoms. The van der Waals surface area contributed by atoms with Gasteiger partial charge in [-0.2, -0.15) is 0 Å². The van der Waals surface area contributed by atoms with Gasteiger partial charge in [0.1, 0.15) is 6.33 Å². The van der Waals surface area contributed by atoms with Crippen LogP contribution in [0.2, 0.25) is 5.02 Å². The molecule has 2 aromatic carbocycles. The second kappa shape index (κ2) is 11.5. The molecule has 4 rings (SSSR count). The molecule has 1 saturated heterocycles. The number of hydrogen-bond acceptors (Lipinski definition) is 6. The van der Waals surface area contributed by atoms with E-state index in [0.29, 0.717) is 16.4 Å². The molecule has 178 valence electrons. The van der Waals surface area contributed by atoms with Gasteiger partial charge in [-0.3, -0.25) is 14.5 Å². The van der Waals surface area contributed by atoms with E-state index in [1.807, 2.05) is 19.2 Å². The standard InChI is InChI=1S/C24H27ClN6O2S/c1-30-16-26-29-24(30)34-15-22(32)27-20-8-4-18(5-9-20)23(33)28-21-10-12-31(13-11-21)14-17-2-6-19(25)7-3-17/h2-9,16,21H,10-15H2,1H3,(H,27,32)(H,28,33). The number of thioether (sulfide) groups is 1. The Morgan fingerprint density at radius 2 is 1.79 bits per heavy atom. The van der Waals surface area contributed by atoms with Crippen LogP contribution < -0.4 is 10.6 Å². The maximum Gasteiger partial charge on any atom is 0.251 e. The number of aryl methyl sites for hydroxylation is 1. The molecule has 0 saturated carbocycles. The Kier molecular flexibility index (Phi) is 8.21. The molecule has 1 fully saturated rings. The van der Waals surface area contributed by atoms with Crippen molar-refractivity contribution < 1.29 is 9.59 Å². The predicted octanol–water partition coefficient (Wildman–Crippen LogP) is 3.59. The lowest BCUT2D eigenvalue weighted by molar-refractivity contribution is -0.113. The molecule has 10 heteroatoms. The van der Waals surface area contributed by atoms with Crippen LogP contribution >= 0.6 is 23.4 Å². The minimum Gasteiger partial charge on any atom is -0.349 e. The van der Waals surface area contributed by atoms with Crippen molar-refractivity contribution in [3.8, 4) is 0 Å². The Labute approximate surface area is 208 Å². The normalized spacial score (nSPS) is 14.6. The lowest BCUT2D eigenvalue weighted by Gasteiger charge is -2.32. The van der Waals surface area contributed by atoms with Crippen molar-refractivity contribution in [2.75, 3.05) is 24.2 Å². The highest BCUT2D eigenvalue weighted by atomic mass is 35.5. The maximum atomic E-state index is 12.7. The minimum atomic E-state index is -0.143. The van der Waals surface area contributed by atoms with Gasteiger partial charge in [-0.1, -0.05) is 35.5 Å². The number of nitrogens with zero attached hydrogens (tertiary/aromatic N) is 4. The highest BCUT2D eigenvalue weighted by Crippen LogP contribution is 2.18. The van der Waals surface area contributed by atoms with Gasteiger partial charge in [-0.15, -0.1) is 10.2 Å². The van der Waals surface area contributed by atoms with Crippen molar-refractivity contribution in [3.63, 3.8) is 0 Å². The number of likely N-dealkylation sites (tertiary alicyclic amines) is 1. The van der Waals surface area contributed by atoms with E-state index in [-0.39, 0.29) is 23.6 Å². The summed E-state index contributed by atoms with van der Waals surface area (Å²) < 4.78 is 1.76. The van der Waals surface area contributed by atoms with Gasteiger partial charge >= 0.3 is 0 Å². The predicted molar refractivity (Wildman–Crippen MR) is 134 cm³/mol. The third kappa shape index (κ3) is 6.82. The van der Waals surface area contributed by atoms with Crippen LogP contribution in [0.3, 0.4) is 0 Å². The summed E-state index contributed by atoms with van der Waals surface area (Å²) in [6.07, 6.45) is 3.42. The summed E-state index contributed by atoms with van der Waals surface area (Å²) in [6.45, 7) is 2.76. The van der Waals surface area contributed by atoms with E-state index in [2.05, 4.69) is 37.9 Å². The Morgan fingerprint density at radius 1 is 1.09 bits per heavy atom. The first kappa shape index (κ1) is 24.3.